The predicted molar refractivity (Wildman–Crippen MR) is 75.1 cm³/mol. The molecule has 0 spiro atoms. The van der Waals surface area contributed by atoms with Crippen LogP contribution in [0.3, 0.4) is 0 Å². The van der Waals surface area contributed by atoms with E-state index in [0.717, 1.165) is 23.0 Å². The molecule has 1 heterocycles. The number of benzene rings is 1. The largest absolute Gasteiger partial charge is 0.334 e. The minimum Gasteiger partial charge on any atom is -0.334 e. The molecule has 1 atom stereocenters. The standard InChI is InChI=1S/C14H22N4/c1-14(2,8-15)7-11(16)10-4-5-13-12(6-10)17-9-18(13)3/h4-6,9,11H,7-8,15-16H2,1-3H3. The highest BCUT2D eigenvalue weighted by atomic mass is 15.0. The van der Waals surface area contributed by atoms with Crippen molar-refractivity contribution in [3.63, 3.8) is 0 Å². The van der Waals surface area contributed by atoms with E-state index in [-0.39, 0.29) is 11.5 Å². The summed E-state index contributed by atoms with van der Waals surface area (Å²) in [5, 5.41) is 0. The molecule has 18 heavy (non-hydrogen) atoms. The van der Waals surface area contributed by atoms with Gasteiger partial charge in [0.05, 0.1) is 17.4 Å². The summed E-state index contributed by atoms with van der Waals surface area (Å²) in [6.07, 6.45) is 2.70. The molecule has 0 aliphatic carbocycles. The number of hydrogen-bond donors (Lipinski definition) is 2. The zero-order valence-corrected chi connectivity index (χ0v) is 11.4. The highest BCUT2D eigenvalue weighted by molar-refractivity contribution is 5.76. The maximum atomic E-state index is 6.26. The molecule has 98 valence electrons. The zero-order valence-electron chi connectivity index (χ0n) is 11.4. The van der Waals surface area contributed by atoms with Crippen LogP contribution < -0.4 is 11.5 Å². The van der Waals surface area contributed by atoms with E-state index in [4.69, 9.17) is 11.5 Å². The molecule has 4 heteroatoms. The molecule has 0 aliphatic heterocycles. The second-order valence-corrected chi connectivity index (χ2v) is 5.78. The summed E-state index contributed by atoms with van der Waals surface area (Å²) in [5.74, 6) is 0. The highest BCUT2D eigenvalue weighted by Crippen LogP contribution is 2.28. The van der Waals surface area contributed by atoms with Crippen molar-refractivity contribution in [1.29, 1.82) is 0 Å². The maximum absolute atomic E-state index is 6.26. The second-order valence-electron chi connectivity index (χ2n) is 5.78. The van der Waals surface area contributed by atoms with Gasteiger partial charge in [-0.05, 0) is 36.1 Å². The first-order valence-corrected chi connectivity index (χ1v) is 6.29. The molecule has 0 fully saturated rings. The van der Waals surface area contributed by atoms with Crippen LogP contribution in [0.1, 0.15) is 31.9 Å². The Hall–Kier alpha value is -1.39. The highest BCUT2D eigenvalue weighted by Gasteiger charge is 2.21. The van der Waals surface area contributed by atoms with Crippen LogP contribution in [-0.2, 0) is 7.05 Å². The molecule has 0 radical (unpaired) electrons. The minimum absolute atomic E-state index is 0.00922. The van der Waals surface area contributed by atoms with Gasteiger partial charge in [-0.25, -0.2) is 4.98 Å². The van der Waals surface area contributed by atoms with E-state index in [0.29, 0.717) is 6.54 Å². The molecule has 0 amide bonds. The van der Waals surface area contributed by atoms with Gasteiger partial charge in [-0.2, -0.15) is 0 Å². The van der Waals surface area contributed by atoms with Gasteiger partial charge in [0.1, 0.15) is 0 Å². The average molecular weight is 246 g/mol. The minimum atomic E-state index is 0.00922. The van der Waals surface area contributed by atoms with Crippen molar-refractivity contribution in [3.05, 3.63) is 30.1 Å². The van der Waals surface area contributed by atoms with Gasteiger partial charge in [0.15, 0.2) is 0 Å². The van der Waals surface area contributed by atoms with Crippen molar-refractivity contribution in [2.45, 2.75) is 26.3 Å². The SMILES string of the molecule is Cn1cnc2cc(C(N)CC(C)(C)CN)ccc21. The Labute approximate surface area is 108 Å². The number of rotatable bonds is 4. The van der Waals surface area contributed by atoms with Gasteiger partial charge in [-0.15, -0.1) is 0 Å². The lowest BCUT2D eigenvalue weighted by Gasteiger charge is -2.26. The van der Waals surface area contributed by atoms with Gasteiger partial charge in [0.25, 0.3) is 0 Å². The van der Waals surface area contributed by atoms with Crippen molar-refractivity contribution in [2.24, 2.45) is 23.9 Å². The van der Waals surface area contributed by atoms with Gasteiger partial charge in [-0.1, -0.05) is 19.9 Å². The Balaban J connectivity index is 2.25. The van der Waals surface area contributed by atoms with Crippen LogP contribution in [-0.4, -0.2) is 16.1 Å². The van der Waals surface area contributed by atoms with Crippen molar-refractivity contribution in [2.75, 3.05) is 6.54 Å². The molecule has 4 N–H and O–H groups in total. The van der Waals surface area contributed by atoms with Crippen molar-refractivity contribution in [3.8, 4) is 0 Å². The number of nitrogens with two attached hydrogens (primary N) is 2. The maximum Gasteiger partial charge on any atom is 0.0955 e. The van der Waals surface area contributed by atoms with E-state index < -0.39 is 0 Å². The number of fused-ring (bicyclic) bond motifs is 1. The molecular formula is C14H22N4. The molecule has 1 aromatic heterocycles. The molecule has 4 nitrogen and oxygen atoms in total. The van der Waals surface area contributed by atoms with Crippen LogP contribution in [0.25, 0.3) is 11.0 Å². The van der Waals surface area contributed by atoms with E-state index in [1.807, 2.05) is 17.9 Å². The molecule has 0 bridgehead atoms. The third kappa shape index (κ3) is 2.54. The fourth-order valence-electron chi connectivity index (χ4n) is 2.18. The number of aryl methyl sites for hydroxylation is 1. The van der Waals surface area contributed by atoms with Gasteiger partial charge in [0, 0.05) is 13.1 Å². The predicted octanol–water partition coefficient (Wildman–Crippen LogP) is 1.95. The lowest BCUT2D eigenvalue weighted by atomic mass is 9.84. The van der Waals surface area contributed by atoms with E-state index in [1.54, 1.807) is 0 Å². The average Bonchev–Trinajstić information content (AvgIpc) is 2.70. The summed E-state index contributed by atoms with van der Waals surface area (Å²) in [5.41, 5.74) is 15.3. The third-order valence-electron chi connectivity index (χ3n) is 3.50. The number of nitrogens with zero attached hydrogens (tertiary/aromatic N) is 2. The number of aromatic nitrogens is 2. The van der Waals surface area contributed by atoms with Gasteiger partial charge in [0.2, 0.25) is 0 Å². The van der Waals surface area contributed by atoms with Gasteiger partial charge >= 0.3 is 0 Å². The van der Waals surface area contributed by atoms with Gasteiger partial charge < -0.3 is 16.0 Å². The van der Waals surface area contributed by atoms with E-state index in [9.17, 15) is 0 Å². The Bertz CT molecular complexity index is 542. The van der Waals surface area contributed by atoms with Crippen molar-refractivity contribution < 1.29 is 0 Å². The van der Waals surface area contributed by atoms with E-state index >= 15 is 0 Å². The normalized spacial score (nSPS) is 14.1. The summed E-state index contributed by atoms with van der Waals surface area (Å²) in [4.78, 5) is 4.36. The van der Waals surface area contributed by atoms with Crippen LogP contribution in [0.4, 0.5) is 0 Å². The van der Waals surface area contributed by atoms with Crippen LogP contribution in [0.2, 0.25) is 0 Å². The van der Waals surface area contributed by atoms with Crippen molar-refractivity contribution in [1.82, 2.24) is 9.55 Å². The van der Waals surface area contributed by atoms with Crippen LogP contribution >= 0.6 is 0 Å². The molecule has 0 saturated carbocycles. The summed E-state index contributed by atoms with van der Waals surface area (Å²) in [7, 11) is 1.99. The summed E-state index contributed by atoms with van der Waals surface area (Å²) >= 11 is 0. The lowest BCUT2D eigenvalue weighted by molar-refractivity contribution is 0.317. The molecule has 0 aliphatic rings. The monoisotopic (exact) mass is 246 g/mol. The first-order valence-electron chi connectivity index (χ1n) is 6.29. The fraction of sp³-hybridized carbons (Fsp3) is 0.500. The first kappa shape index (κ1) is 13.1. The first-order chi connectivity index (χ1) is 8.43. The Morgan fingerprint density at radius 1 is 1.39 bits per heavy atom. The molecular weight excluding hydrogens is 224 g/mol. The Kier molecular flexibility index (Phi) is 3.41. The van der Waals surface area contributed by atoms with Crippen LogP contribution in [0.15, 0.2) is 24.5 Å². The lowest BCUT2D eigenvalue weighted by Crippen LogP contribution is -2.28. The summed E-state index contributed by atoms with van der Waals surface area (Å²) < 4.78 is 2.01. The van der Waals surface area contributed by atoms with Crippen LogP contribution in [0, 0.1) is 5.41 Å². The third-order valence-corrected chi connectivity index (χ3v) is 3.50. The molecule has 2 rings (SSSR count). The van der Waals surface area contributed by atoms with Gasteiger partial charge in [-0.3, -0.25) is 0 Å². The van der Waals surface area contributed by atoms with E-state index in [2.05, 4.69) is 37.0 Å². The Morgan fingerprint density at radius 2 is 2.11 bits per heavy atom. The number of imidazole rings is 1. The molecule has 1 unspecified atom stereocenters. The van der Waals surface area contributed by atoms with Crippen LogP contribution in [0.5, 0.6) is 0 Å². The quantitative estimate of drug-likeness (QED) is 0.866. The Morgan fingerprint density at radius 3 is 2.78 bits per heavy atom. The molecule has 1 aromatic carbocycles. The topological polar surface area (TPSA) is 69.9 Å². The van der Waals surface area contributed by atoms with Crippen molar-refractivity contribution >= 4 is 11.0 Å². The second kappa shape index (κ2) is 4.71. The molecule has 2 aromatic rings. The fourth-order valence-corrected chi connectivity index (χ4v) is 2.18. The van der Waals surface area contributed by atoms with E-state index in [1.165, 1.54) is 0 Å². The summed E-state index contributed by atoms with van der Waals surface area (Å²) in [6, 6.07) is 6.25. The smallest absolute Gasteiger partial charge is 0.0955 e. The number of hydrogen-bond acceptors (Lipinski definition) is 3. The molecule has 0 saturated heterocycles. The summed E-state index contributed by atoms with van der Waals surface area (Å²) in [6.45, 7) is 4.94. The zero-order chi connectivity index (χ0) is 13.3.